The van der Waals surface area contributed by atoms with Crippen LogP contribution in [0.4, 0.5) is 0 Å². The number of nitrogens with one attached hydrogen (secondary N) is 1. The first kappa shape index (κ1) is 20.6. The molecule has 1 N–H and O–H groups in total. The van der Waals surface area contributed by atoms with Crippen molar-refractivity contribution >= 4 is 45.9 Å². The van der Waals surface area contributed by atoms with Gasteiger partial charge in [0.05, 0.1) is 6.20 Å². The smallest absolute Gasteiger partial charge is 0.193 e. The number of aryl methyl sites for hydroxylation is 1. The summed E-state index contributed by atoms with van der Waals surface area (Å²) in [5, 5.41) is 7.97. The predicted molar refractivity (Wildman–Crippen MR) is 124 cm³/mol. The Bertz CT molecular complexity index is 788. The van der Waals surface area contributed by atoms with Crippen molar-refractivity contribution in [2.24, 2.45) is 18.0 Å². The Balaban J connectivity index is 0.00000210. The van der Waals surface area contributed by atoms with Gasteiger partial charge in [-0.3, -0.25) is 9.67 Å². The molecule has 5 nitrogen and oxygen atoms in total. The van der Waals surface area contributed by atoms with Gasteiger partial charge in [0.25, 0.3) is 0 Å². The molecule has 1 saturated carbocycles. The van der Waals surface area contributed by atoms with Gasteiger partial charge in [0.1, 0.15) is 0 Å². The minimum atomic E-state index is 0. The molecule has 1 aromatic heterocycles. The zero-order chi connectivity index (χ0) is 18.1. The Hall–Kier alpha value is -1.09. The number of aromatic nitrogens is 2. The number of aliphatic imine (C=N–C) groups is 1. The number of hydrogen-bond acceptors (Lipinski definition) is 2. The molecule has 2 aromatic rings. The molecule has 2 fully saturated rings. The number of benzene rings is 1. The summed E-state index contributed by atoms with van der Waals surface area (Å²) in [6.07, 6.45) is 7.63. The lowest BCUT2D eigenvalue weighted by molar-refractivity contribution is 0.459. The Morgan fingerprint density at radius 2 is 2.11 bits per heavy atom. The molecular formula is C20H27BrIN5. The number of hydrogen-bond donors (Lipinski definition) is 1. The Morgan fingerprint density at radius 3 is 2.78 bits per heavy atom. The molecule has 146 valence electrons. The van der Waals surface area contributed by atoms with Gasteiger partial charge in [0.2, 0.25) is 0 Å². The molecule has 2 aliphatic rings. The van der Waals surface area contributed by atoms with Crippen molar-refractivity contribution in [3.63, 3.8) is 0 Å². The maximum absolute atomic E-state index is 4.55. The fraction of sp³-hybridized carbons (Fsp3) is 0.500. The highest BCUT2D eigenvalue weighted by Crippen LogP contribution is 2.41. The zero-order valence-electron chi connectivity index (χ0n) is 15.8. The van der Waals surface area contributed by atoms with Crippen molar-refractivity contribution in [2.75, 3.05) is 20.1 Å². The molecule has 27 heavy (non-hydrogen) atoms. The van der Waals surface area contributed by atoms with Crippen LogP contribution in [0, 0.1) is 5.92 Å². The maximum atomic E-state index is 4.55. The van der Waals surface area contributed by atoms with E-state index in [1.54, 1.807) is 0 Å². The molecule has 7 heteroatoms. The summed E-state index contributed by atoms with van der Waals surface area (Å²) in [6.45, 7) is 2.16. The molecule has 1 aliphatic carbocycles. The molecule has 3 atom stereocenters. The van der Waals surface area contributed by atoms with Gasteiger partial charge in [-0.25, -0.2) is 0 Å². The number of guanidine groups is 1. The Morgan fingerprint density at radius 1 is 1.33 bits per heavy atom. The predicted octanol–water partition coefficient (Wildman–Crippen LogP) is 3.80. The molecule has 0 amide bonds. The first-order valence-electron chi connectivity index (χ1n) is 9.33. The molecule has 1 aromatic carbocycles. The van der Waals surface area contributed by atoms with E-state index in [-0.39, 0.29) is 24.0 Å². The van der Waals surface area contributed by atoms with Gasteiger partial charge in [0, 0.05) is 49.8 Å². The molecule has 2 heterocycles. The second-order valence-electron chi connectivity index (χ2n) is 7.52. The van der Waals surface area contributed by atoms with Crippen molar-refractivity contribution in [2.45, 2.75) is 31.2 Å². The molecule has 0 spiro atoms. The van der Waals surface area contributed by atoms with Crippen LogP contribution in [0.25, 0.3) is 0 Å². The fourth-order valence-corrected chi connectivity index (χ4v) is 4.26. The summed E-state index contributed by atoms with van der Waals surface area (Å²) in [5.74, 6) is 2.34. The molecule has 4 rings (SSSR count). The normalized spacial score (nSPS) is 24.6. The number of likely N-dealkylation sites (tertiary alicyclic amines) is 1. The molecule has 3 unspecified atom stereocenters. The van der Waals surface area contributed by atoms with Crippen LogP contribution in [0.2, 0.25) is 0 Å². The van der Waals surface area contributed by atoms with E-state index < -0.39 is 0 Å². The standard InChI is InChI=1S/C20H26BrN5.HI/c1-22-20(24-19-10-18(19)16-3-5-17(21)6-4-16)26-8-7-14(13-26)9-15-11-23-25(2)12-15;/h3-6,11-12,14,18-19H,7-10,13H2,1-2H3,(H,22,24);1H. The average Bonchev–Trinajstić information content (AvgIpc) is 3.03. The van der Waals surface area contributed by atoms with Gasteiger partial charge in [-0.15, -0.1) is 24.0 Å². The van der Waals surface area contributed by atoms with Crippen LogP contribution in [0.3, 0.4) is 0 Å². The van der Waals surface area contributed by atoms with Crippen LogP contribution in [0.5, 0.6) is 0 Å². The Kier molecular flexibility index (Phi) is 6.83. The Labute approximate surface area is 186 Å². The highest BCUT2D eigenvalue weighted by Gasteiger charge is 2.40. The molecule has 1 aliphatic heterocycles. The summed E-state index contributed by atoms with van der Waals surface area (Å²) in [7, 11) is 3.88. The summed E-state index contributed by atoms with van der Waals surface area (Å²) in [5.41, 5.74) is 2.75. The van der Waals surface area contributed by atoms with Crippen LogP contribution in [0.1, 0.15) is 29.9 Å². The van der Waals surface area contributed by atoms with E-state index in [1.165, 1.54) is 24.0 Å². The third-order valence-corrected chi connectivity index (χ3v) is 6.01. The lowest BCUT2D eigenvalue weighted by atomic mass is 10.0. The number of rotatable bonds is 4. The quantitative estimate of drug-likeness (QED) is 0.362. The first-order chi connectivity index (χ1) is 12.6. The van der Waals surface area contributed by atoms with Crippen molar-refractivity contribution in [3.05, 3.63) is 52.3 Å². The van der Waals surface area contributed by atoms with E-state index in [2.05, 4.69) is 66.7 Å². The van der Waals surface area contributed by atoms with E-state index in [0.717, 1.165) is 29.9 Å². The van der Waals surface area contributed by atoms with Gasteiger partial charge in [-0.05, 0) is 48.4 Å². The summed E-state index contributed by atoms with van der Waals surface area (Å²) in [6, 6.07) is 9.21. The molecule has 0 bridgehead atoms. The lowest BCUT2D eigenvalue weighted by Gasteiger charge is -2.22. The van der Waals surface area contributed by atoms with Crippen molar-refractivity contribution in [1.82, 2.24) is 20.0 Å². The van der Waals surface area contributed by atoms with Crippen LogP contribution < -0.4 is 5.32 Å². The maximum Gasteiger partial charge on any atom is 0.193 e. The average molecular weight is 544 g/mol. The summed E-state index contributed by atoms with van der Waals surface area (Å²) in [4.78, 5) is 6.96. The van der Waals surface area contributed by atoms with Crippen LogP contribution in [-0.2, 0) is 13.5 Å². The van der Waals surface area contributed by atoms with E-state index in [1.807, 2.05) is 25.0 Å². The number of nitrogens with zero attached hydrogens (tertiary/aromatic N) is 4. The SMILES string of the molecule is CN=C(NC1CC1c1ccc(Br)cc1)N1CCC(Cc2cnn(C)c2)C1.I. The third kappa shape index (κ3) is 5.04. The fourth-order valence-electron chi connectivity index (χ4n) is 4.00. The minimum Gasteiger partial charge on any atom is -0.353 e. The third-order valence-electron chi connectivity index (χ3n) is 5.48. The van der Waals surface area contributed by atoms with Crippen molar-refractivity contribution in [1.29, 1.82) is 0 Å². The van der Waals surface area contributed by atoms with Gasteiger partial charge in [-0.2, -0.15) is 5.10 Å². The minimum absolute atomic E-state index is 0. The van der Waals surface area contributed by atoms with Gasteiger partial charge < -0.3 is 10.2 Å². The van der Waals surface area contributed by atoms with Gasteiger partial charge >= 0.3 is 0 Å². The zero-order valence-corrected chi connectivity index (χ0v) is 19.7. The largest absolute Gasteiger partial charge is 0.353 e. The van der Waals surface area contributed by atoms with E-state index in [4.69, 9.17) is 0 Å². The summed E-state index contributed by atoms with van der Waals surface area (Å²) < 4.78 is 3.02. The molecular weight excluding hydrogens is 517 g/mol. The first-order valence-corrected chi connectivity index (χ1v) is 10.1. The lowest BCUT2D eigenvalue weighted by Crippen LogP contribution is -2.41. The topological polar surface area (TPSA) is 45.5 Å². The monoisotopic (exact) mass is 543 g/mol. The van der Waals surface area contributed by atoms with Crippen LogP contribution in [-0.4, -0.2) is 46.8 Å². The van der Waals surface area contributed by atoms with Crippen LogP contribution >= 0.6 is 39.9 Å². The molecule has 0 radical (unpaired) electrons. The van der Waals surface area contributed by atoms with Gasteiger partial charge in [-0.1, -0.05) is 28.1 Å². The van der Waals surface area contributed by atoms with E-state index >= 15 is 0 Å². The van der Waals surface area contributed by atoms with Crippen LogP contribution in [0.15, 0.2) is 46.1 Å². The molecule has 1 saturated heterocycles. The van der Waals surface area contributed by atoms with E-state index in [0.29, 0.717) is 17.9 Å². The van der Waals surface area contributed by atoms with Gasteiger partial charge in [0.15, 0.2) is 5.96 Å². The highest BCUT2D eigenvalue weighted by atomic mass is 127. The van der Waals surface area contributed by atoms with Crippen molar-refractivity contribution < 1.29 is 0 Å². The number of halogens is 2. The van der Waals surface area contributed by atoms with E-state index in [9.17, 15) is 0 Å². The highest BCUT2D eigenvalue weighted by molar-refractivity contribution is 14.0. The second-order valence-corrected chi connectivity index (χ2v) is 8.43. The second kappa shape index (κ2) is 8.94. The summed E-state index contributed by atoms with van der Waals surface area (Å²) >= 11 is 3.51. The van der Waals surface area contributed by atoms with Crippen molar-refractivity contribution in [3.8, 4) is 0 Å².